The third-order valence-corrected chi connectivity index (χ3v) is 4.72. The Morgan fingerprint density at radius 2 is 1.92 bits per heavy atom. The summed E-state index contributed by atoms with van der Waals surface area (Å²) in [6.07, 6.45) is 3.92. The summed E-state index contributed by atoms with van der Waals surface area (Å²) in [5, 5.41) is 4.05. The van der Waals surface area contributed by atoms with Gasteiger partial charge in [0.1, 0.15) is 11.3 Å². The van der Waals surface area contributed by atoms with Gasteiger partial charge in [-0.3, -0.25) is 14.5 Å². The number of piperazine rings is 1. The molecule has 0 aromatic carbocycles. The van der Waals surface area contributed by atoms with Gasteiger partial charge in [-0.05, 0) is 18.2 Å². The van der Waals surface area contributed by atoms with E-state index in [4.69, 9.17) is 0 Å². The van der Waals surface area contributed by atoms with Crippen molar-refractivity contribution in [2.75, 3.05) is 26.2 Å². The molecule has 3 aromatic heterocycles. The maximum absolute atomic E-state index is 12.6. The average Bonchev–Trinajstić information content (AvgIpc) is 3.07. The molecule has 4 heterocycles. The minimum absolute atomic E-state index is 0.130. The fourth-order valence-corrected chi connectivity index (χ4v) is 3.22. The lowest BCUT2D eigenvalue weighted by Crippen LogP contribution is -2.48. The molecule has 0 saturated carbocycles. The van der Waals surface area contributed by atoms with Gasteiger partial charge in [-0.15, -0.1) is 0 Å². The summed E-state index contributed by atoms with van der Waals surface area (Å²) in [5.74, 6) is -0.130. The SMILES string of the molecule is Cn1nc(C(=O)N2CCN(Cc3cnc4ccccn34)CC2)ccc1=O. The second-order valence-corrected chi connectivity index (χ2v) is 6.43. The molecule has 0 aliphatic carbocycles. The van der Waals surface area contributed by atoms with E-state index in [1.807, 2.05) is 30.6 Å². The zero-order valence-electron chi connectivity index (χ0n) is 14.6. The Balaban J connectivity index is 1.40. The van der Waals surface area contributed by atoms with E-state index in [-0.39, 0.29) is 11.5 Å². The summed E-state index contributed by atoms with van der Waals surface area (Å²) in [5.41, 5.74) is 2.17. The predicted octanol–water partition coefficient (Wildman–Crippen LogP) is 0.386. The third-order valence-electron chi connectivity index (χ3n) is 4.72. The van der Waals surface area contributed by atoms with Crippen LogP contribution in [0, 0.1) is 0 Å². The second kappa shape index (κ2) is 6.72. The Bertz CT molecular complexity index is 1000. The van der Waals surface area contributed by atoms with Crippen molar-refractivity contribution in [3.05, 3.63) is 64.5 Å². The Hall–Kier alpha value is -3.00. The highest BCUT2D eigenvalue weighted by Gasteiger charge is 2.23. The predicted molar refractivity (Wildman–Crippen MR) is 95.9 cm³/mol. The molecule has 134 valence electrons. The van der Waals surface area contributed by atoms with Gasteiger partial charge in [0.25, 0.3) is 11.5 Å². The molecular formula is C18H20N6O2. The number of carbonyl (C=O) groups is 1. The molecular weight excluding hydrogens is 332 g/mol. The lowest BCUT2D eigenvalue weighted by atomic mass is 10.2. The van der Waals surface area contributed by atoms with E-state index in [0.717, 1.165) is 31.0 Å². The van der Waals surface area contributed by atoms with Crippen LogP contribution < -0.4 is 5.56 Å². The van der Waals surface area contributed by atoms with Crippen molar-refractivity contribution < 1.29 is 4.79 Å². The van der Waals surface area contributed by atoms with Gasteiger partial charge in [0, 0.05) is 52.0 Å². The van der Waals surface area contributed by atoms with E-state index in [9.17, 15) is 9.59 Å². The number of hydrogen-bond acceptors (Lipinski definition) is 5. The van der Waals surface area contributed by atoms with E-state index in [1.165, 1.54) is 16.8 Å². The van der Waals surface area contributed by atoms with Crippen molar-refractivity contribution in [2.45, 2.75) is 6.54 Å². The quantitative estimate of drug-likeness (QED) is 0.681. The molecule has 0 atom stereocenters. The van der Waals surface area contributed by atoms with Crippen molar-refractivity contribution in [3.63, 3.8) is 0 Å². The maximum Gasteiger partial charge on any atom is 0.274 e. The number of hydrogen-bond donors (Lipinski definition) is 0. The fraction of sp³-hybridized carbons (Fsp3) is 0.333. The molecule has 1 fully saturated rings. The van der Waals surface area contributed by atoms with Crippen LogP contribution in [0.4, 0.5) is 0 Å². The molecule has 3 aromatic rings. The van der Waals surface area contributed by atoms with Gasteiger partial charge in [0.05, 0.1) is 11.9 Å². The van der Waals surface area contributed by atoms with Gasteiger partial charge in [-0.25, -0.2) is 9.67 Å². The van der Waals surface area contributed by atoms with Crippen LogP contribution in [0.1, 0.15) is 16.2 Å². The molecule has 0 N–H and O–H groups in total. The van der Waals surface area contributed by atoms with Gasteiger partial charge in [-0.1, -0.05) is 6.07 Å². The number of rotatable bonds is 3. The molecule has 0 radical (unpaired) electrons. The van der Waals surface area contributed by atoms with E-state index in [2.05, 4.69) is 19.4 Å². The summed E-state index contributed by atoms with van der Waals surface area (Å²) >= 11 is 0. The number of fused-ring (bicyclic) bond motifs is 1. The van der Waals surface area contributed by atoms with Crippen LogP contribution in [0.5, 0.6) is 0 Å². The Labute approximate surface area is 150 Å². The van der Waals surface area contributed by atoms with Crippen molar-refractivity contribution >= 4 is 11.6 Å². The minimum atomic E-state index is -0.223. The van der Waals surface area contributed by atoms with Crippen LogP contribution >= 0.6 is 0 Å². The summed E-state index contributed by atoms with van der Waals surface area (Å²) in [4.78, 5) is 32.5. The van der Waals surface area contributed by atoms with Crippen molar-refractivity contribution in [1.82, 2.24) is 29.0 Å². The third kappa shape index (κ3) is 3.11. The first-order valence-electron chi connectivity index (χ1n) is 8.59. The normalized spacial score (nSPS) is 15.5. The number of aromatic nitrogens is 4. The number of aryl methyl sites for hydroxylation is 1. The van der Waals surface area contributed by atoms with Crippen LogP contribution in [0.3, 0.4) is 0 Å². The molecule has 26 heavy (non-hydrogen) atoms. The number of pyridine rings is 1. The second-order valence-electron chi connectivity index (χ2n) is 6.43. The summed E-state index contributed by atoms with van der Waals surface area (Å²) in [6.45, 7) is 3.65. The Morgan fingerprint density at radius 1 is 1.12 bits per heavy atom. The molecule has 8 nitrogen and oxygen atoms in total. The number of amides is 1. The number of imidazole rings is 1. The molecule has 1 aliphatic heterocycles. The van der Waals surface area contributed by atoms with Crippen LogP contribution in [0.25, 0.3) is 5.65 Å². The van der Waals surface area contributed by atoms with E-state index in [1.54, 1.807) is 11.9 Å². The first-order valence-corrected chi connectivity index (χ1v) is 8.59. The monoisotopic (exact) mass is 352 g/mol. The molecule has 4 rings (SSSR count). The van der Waals surface area contributed by atoms with Crippen LogP contribution in [0.2, 0.25) is 0 Å². The van der Waals surface area contributed by atoms with Gasteiger partial charge in [-0.2, -0.15) is 5.10 Å². The largest absolute Gasteiger partial charge is 0.335 e. The summed E-state index contributed by atoms with van der Waals surface area (Å²) < 4.78 is 3.28. The smallest absolute Gasteiger partial charge is 0.274 e. The van der Waals surface area contributed by atoms with Gasteiger partial charge >= 0.3 is 0 Å². The minimum Gasteiger partial charge on any atom is -0.335 e. The first-order chi connectivity index (χ1) is 12.6. The highest BCUT2D eigenvalue weighted by atomic mass is 16.2. The van der Waals surface area contributed by atoms with Crippen LogP contribution in [-0.2, 0) is 13.6 Å². The molecule has 8 heteroatoms. The molecule has 1 amide bonds. The molecule has 0 spiro atoms. The zero-order chi connectivity index (χ0) is 18.1. The lowest BCUT2D eigenvalue weighted by Gasteiger charge is -2.34. The lowest BCUT2D eigenvalue weighted by molar-refractivity contribution is 0.0618. The van der Waals surface area contributed by atoms with Crippen LogP contribution in [0.15, 0.2) is 47.5 Å². The van der Waals surface area contributed by atoms with Crippen LogP contribution in [-0.4, -0.2) is 61.1 Å². The van der Waals surface area contributed by atoms with E-state index >= 15 is 0 Å². The van der Waals surface area contributed by atoms with Gasteiger partial charge < -0.3 is 9.30 Å². The Morgan fingerprint density at radius 3 is 2.69 bits per heavy atom. The topological polar surface area (TPSA) is 75.7 Å². The van der Waals surface area contributed by atoms with Crippen molar-refractivity contribution in [1.29, 1.82) is 0 Å². The highest BCUT2D eigenvalue weighted by molar-refractivity contribution is 5.92. The molecule has 1 saturated heterocycles. The Kier molecular flexibility index (Phi) is 4.26. The average molecular weight is 352 g/mol. The van der Waals surface area contributed by atoms with Crippen molar-refractivity contribution in [3.8, 4) is 0 Å². The standard InChI is InChI=1S/C18H20N6O2/c1-21-17(25)6-5-15(20-21)18(26)23-10-8-22(9-11-23)13-14-12-19-16-4-2-3-7-24(14)16/h2-7,12H,8-11,13H2,1H3. The van der Waals surface area contributed by atoms with E-state index < -0.39 is 0 Å². The summed E-state index contributed by atoms with van der Waals surface area (Å²) in [7, 11) is 1.55. The fourth-order valence-electron chi connectivity index (χ4n) is 3.22. The van der Waals surface area contributed by atoms with Gasteiger partial charge in [0.15, 0.2) is 0 Å². The molecule has 1 aliphatic rings. The van der Waals surface area contributed by atoms with Gasteiger partial charge in [0.2, 0.25) is 0 Å². The number of carbonyl (C=O) groups excluding carboxylic acids is 1. The zero-order valence-corrected chi connectivity index (χ0v) is 14.6. The highest BCUT2D eigenvalue weighted by Crippen LogP contribution is 2.12. The first kappa shape index (κ1) is 16.5. The maximum atomic E-state index is 12.6. The molecule has 0 bridgehead atoms. The van der Waals surface area contributed by atoms with Crippen molar-refractivity contribution in [2.24, 2.45) is 7.05 Å². The number of nitrogens with zero attached hydrogens (tertiary/aromatic N) is 6. The summed E-state index contributed by atoms with van der Waals surface area (Å²) in [6, 6.07) is 8.83. The molecule has 0 unspecified atom stereocenters. The van der Waals surface area contributed by atoms with E-state index in [0.29, 0.717) is 18.8 Å².